The molecule has 4 bridgehead atoms. The molecule has 0 spiro atoms. The average Bonchev–Trinajstić information content (AvgIpc) is 2.69. The summed E-state index contributed by atoms with van der Waals surface area (Å²) in [6, 6.07) is 5.38. The Bertz CT molecular complexity index is 759. The molecule has 0 heterocycles. The molecule has 0 aromatic heterocycles. The second-order valence-electron chi connectivity index (χ2n) is 8.68. The second-order valence-corrected chi connectivity index (χ2v) is 8.68. The van der Waals surface area contributed by atoms with Crippen LogP contribution in [0.15, 0.2) is 24.3 Å². The monoisotopic (exact) mass is 384 g/mol. The molecular weight excluding hydrogens is 356 g/mol. The molecule has 5 rings (SSSR count). The maximum atomic E-state index is 12.9. The highest BCUT2D eigenvalue weighted by molar-refractivity contribution is 5.91. The number of rotatable bonds is 7. The fraction of sp³-hybridized carbons (Fsp3) is 0.565. The highest BCUT2D eigenvalue weighted by Crippen LogP contribution is 2.60. The lowest BCUT2D eigenvalue weighted by atomic mass is 9.48. The molecule has 4 saturated carbocycles. The van der Waals surface area contributed by atoms with Crippen molar-refractivity contribution < 1.29 is 23.8 Å². The molecular formula is C23H28O5. The van der Waals surface area contributed by atoms with Crippen LogP contribution in [0, 0.1) is 23.2 Å². The van der Waals surface area contributed by atoms with Crippen LogP contribution in [0.3, 0.4) is 0 Å². The number of esters is 1. The topological polar surface area (TPSA) is 61.8 Å². The Kier molecular flexibility index (Phi) is 5.17. The number of ether oxygens (including phenoxy) is 3. The minimum Gasteiger partial charge on any atom is -0.493 e. The van der Waals surface area contributed by atoms with Crippen LogP contribution in [0.5, 0.6) is 11.5 Å². The summed E-state index contributed by atoms with van der Waals surface area (Å²) in [5.41, 5.74) is 0.573. The first-order valence-corrected chi connectivity index (χ1v) is 10.1. The Labute approximate surface area is 166 Å². The predicted molar refractivity (Wildman–Crippen MR) is 105 cm³/mol. The molecule has 1 aromatic carbocycles. The average molecular weight is 384 g/mol. The lowest BCUT2D eigenvalue weighted by molar-refractivity contribution is -0.155. The molecule has 0 atom stereocenters. The van der Waals surface area contributed by atoms with Crippen molar-refractivity contribution >= 4 is 17.8 Å². The van der Waals surface area contributed by atoms with Crippen molar-refractivity contribution in [3.05, 3.63) is 29.8 Å². The van der Waals surface area contributed by atoms with Gasteiger partial charge in [0.15, 0.2) is 23.9 Å². The second kappa shape index (κ2) is 7.61. The zero-order chi connectivity index (χ0) is 19.7. The fourth-order valence-electron chi connectivity index (χ4n) is 5.91. The summed E-state index contributed by atoms with van der Waals surface area (Å²) in [5.74, 6) is 2.97. The fourth-order valence-corrected chi connectivity index (χ4v) is 5.91. The van der Waals surface area contributed by atoms with E-state index >= 15 is 0 Å². The van der Waals surface area contributed by atoms with E-state index in [0.717, 1.165) is 24.8 Å². The van der Waals surface area contributed by atoms with Crippen molar-refractivity contribution in [1.82, 2.24) is 0 Å². The lowest BCUT2D eigenvalue weighted by Crippen LogP contribution is -2.51. The normalized spacial score (nSPS) is 30.4. The van der Waals surface area contributed by atoms with Crippen molar-refractivity contribution in [2.24, 2.45) is 23.2 Å². The van der Waals surface area contributed by atoms with E-state index in [1.165, 1.54) is 25.3 Å². The summed E-state index contributed by atoms with van der Waals surface area (Å²) < 4.78 is 15.7. The van der Waals surface area contributed by atoms with Gasteiger partial charge in [0.2, 0.25) is 0 Å². The Balaban J connectivity index is 1.33. The van der Waals surface area contributed by atoms with E-state index in [4.69, 9.17) is 14.2 Å². The zero-order valence-corrected chi connectivity index (χ0v) is 16.6. The van der Waals surface area contributed by atoms with E-state index in [-0.39, 0.29) is 17.8 Å². The van der Waals surface area contributed by atoms with Crippen LogP contribution < -0.4 is 9.47 Å². The molecule has 5 heteroatoms. The molecule has 4 fully saturated rings. The SMILES string of the molecule is COc1ccc(C=CC(=O)OCC(=O)C23CC4CC(CC(C4)C2)C3)cc1OC. The van der Waals surface area contributed by atoms with Gasteiger partial charge >= 0.3 is 5.97 Å². The minimum absolute atomic E-state index is 0.110. The highest BCUT2D eigenvalue weighted by Gasteiger charge is 2.54. The van der Waals surface area contributed by atoms with Gasteiger partial charge in [-0.1, -0.05) is 6.07 Å². The first-order valence-electron chi connectivity index (χ1n) is 10.1. The summed E-state index contributed by atoms with van der Waals surface area (Å²) in [7, 11) is 3.14. The molecule has 150 valence electrons. The summed E-state index contributed by atoms with van der Waals surface area (Å²) in [4.78, 5) is 25.0. The van der Waals surface area contributed by atoms with Crippen molar-refractivity contribution in [2.45, 2.75) is 38.5 Å². The predicted octanol–water partition coefficient (Wildman–Crippen LogP) is 4.05. The number of methoxy groups -OCH3 is 2. The number of carbonyl (C=O) groups is 2. The molecule has 0 saturated heterocycles. The summed E-state index contributed by atoms with van der Waals surface area (Å²) in [5, 5.41) is 0. The molecule has 4 aliphatic carbocycles. The molecule has 5 nitrogen and oxygen atoms in total. The third kappa shape index (κ3) is 3.67. The van der Waals surface area contributed by atoms with Gasteiger partial charge in [0.05, 0.1) is 14.2 Å². The van der Waals surface area contributed by atoms with Gasteiger partial charge in [0, 0.05) is 11.5 Å². The Morgan fingerprint density at radius 2 is 1.61 bits per heavy atom. The molecule has 28 heavy (non-hydrogen) atoms. The standard InChI is InChI=1S/C23H28O5/c1-26-19-5-3-15(10-20(19)27-2)4-6-22(25)28-14-21(24)23-11-16-7-17(12-23)9-18(8-16)13-23/h3-6,10,16-18H,7-9,11-14H2,1-2H3. The number of hydrogen-bond acceptors (Lipinski definition) is 5. The number of Topliss-reactive ketones (excluding diaryl/α,β-unsaturated/α-hetero) is 1. The third-order valence-corrected chi connectivity index (χ3v) is 6.79. The maximum absolute atomic E-state index is 12.9. The molecule has 0 N–H and O–H groups in total. The molecule has 0 unspecified atom stereocenters. The molecule has 4 aliphatic rings. The minimum atomic E-state index is -0.493. The van der Waals surface area contributed by atoms with Gasteiger partial charge in [0.1, 0.15) is 0 Å². The smallest absolute Gasteiger partial charge is 0.331 e. The first-order chi connectivity index (χ1) is 13.5. The van der Waals surface area contributed by atoms with Crippen LogP contribution >= 0.6 is 0 Å². The van der Waals surface area contributed by atoms with E-state index in [1.54, 1.807) is 32.4 Å². The first kappa shape index (κ1) is 19.0. The zero-order valence-electron chi connectivity index (χ0n) is 16.6. The van der Waals surface area contributed by atoms with E-state index in [9.17, 15) is 9.59 Å². The quantitative estimate of drug-likeness (QED) is 0.524. The van der Waals surface area contributed by atoms with E-state index < -0.39 is 5.97 Å². The van der Waals surface area contributed by atoms with Gasteiger partial charge in [-0.15, -0.1) is 0 Å². The number of benzene rings is 1. The van der Waals surface area contributed by atoms with Crippen LogP contribution in [0.2, 0.25) is 0 Å². The molecule has 0 radical (unpaired) electrons. The van der Waals surface area contributed by atoms with E-state index in [2.05, 4.69) is 0 Å². The Morgan fingerprint density at radius 3 is 2.18 bits per heavy atom. The number of ketones is 1. The van der Waals surface area contributed by atoms with Crippen LogP contribution in [-0.4, -0.2) is 32.6 Å². The number of carbonyl (C=O) groups excluding carboxylic acids is 2. The van der Waals surface area contributed by atoms with Crippen LogP contribution in [0.4, 0.5) is 0 Å². The van der Waals surface area contributed by atoms with Gasteiger partial charge < -0.3 is 14.2 Å². The van der Waals surface area contributed by atoms with Gasteiger partial charge in [-0.25, -0.2) is 4.79 Å². The van der Waals surface area contributed by atoms with Crippen LogP contribution in [0.25, 0.3) is 6.08 Å². The molecule has 0 aliphatic heterocycles. The van der Waals surface area contributed by atoms with Crippen molar-refractivity contribution in [2.75, 3.05) is 20.8 Å². The third-order valence-electron chi connectivity index (χ3n) is 6.79. The van der Waals surface area contributed by atoms with Crippen molar-refractivity contribution in [1.29, 1.82) is 0 Å². The van der Waals surface area contributed by atoms with Gasteiger partial charge in [-0.2, -0.15) is 0 Å². The summed E-state index contributed by atoms with van der Waals surface area (Å²) in [6.07, 6.45) is 9.87. The van der Waals surface area contributed by atoms with Gasteiger partial charge in [-0.3, -0.25) is 4.79 Å². The molecule has 1 aromatic rings. The van der Waals surface area contributed by atoms with Crippen LogP contribution in [0.1, 0.15) is 44.1 Å². The molecule has 0 amide bonds. The summed E-state index contributed by atoms with van der Waals surface area (Å²) in [6.45, 7) is -0.110. The highest BCUT2D eigenvalue weighted by atomic mass is 16.5. The van der Waals surface area contributed by atoms with E-state index in [1.807, 2.05) is 6.07 Å². The number of hydrogen-bond donors (Lipinski definition) is 0. The Hall–Kier alpha value is -2.30. The van der Waals surface area contributed by atoms with E-state index in [0.29, 0.717) is 29.3 Å². The summed E-state index contributed by atoms with van der Waals surface area (Å²) >= 11 is 0. The van der Waals surface area contributed by atoms with Crippen molar-refractivity contribution in [3.63, 3.8) is 0 Å². The lowest BCUT2D eigenvalue weighted by Gasteiger charge is -2.55. The van der Waals surface area contributed by atoms with Gasteiger partial charge in [-0.05, 0) is 80.1 Å². The van der Waals surface area contributed by atoms with Gasteiger partial charge in [0.25, 0.3) is 0 Å². The van der Waals surface area contributed by atoms with Crippen LogP contribution in [-0.2, 0) is 14.3 Å². The maximum Gasteiger partial charge on any atom is 0.331 e. The largest absolute Gasteiger partial charge is 0.493 e. The Morgan fingerprint density at radius 1 is 1.00 bits per heavy atom. The van der Waals surface area contributed by atoms with Crippen molar-refractivity contribution in [3.8, 4) is 11.5 Å².